The number of fused-ring (bicyclic) bond motifs is 1. The predicted octanol–water partition coefficient (Wildman–Crippen LogP) is 6.99. The lowest BCUT2D eigenvalue weighted by Gasteiger charge is -2.11. The summed E-state index contributed by atoms with van der Waals surface area (Å²) in [6, 6.07) is 30.8. The molecule has 3 aliphatic carbocycles. The summed E-state index contributed by atoms with van der Waals surface area (Å²) in [5.74, 6) is 2.94. The highest BCUT2D eigenvalue weighted by Gasteiger charge is 2.27. The number of rotatable bonds is 21. The van der Waals surface area contributed by atoms with Crippen LogP contribution in [0, 0.1) is 0 Å². The van der Waals surface area contributed by atoms with Crippen LogP contribution in [0.3, 0.4) is 0 Å². The molecule has 79 heavy (non-hydrogen) atoms. The quantitative estimate of drug-likeness (QED) is 0.0327. The van der Waals surface area contributed by atoms with E-state index in [2.05, 4.69) is 66.8 Å². The van der Waals surface area contributed by atoms with Gasteiger partial charge >= 0.3 is 6.01 Å². The minimum Gasteiger partial charge on any atom is -0.494 e. The van der Waals surface area contributed by atoms with Crippen molar-refractivity contribution in [3.05, 3.63) is 132 Å². The molecule has 3 fully saturated rings. The summed E-state index contributed by atoms with van der Waals surface area (Å²) in [5, 5.41) is 23.7. The third kappa shape index (κ3) is 16.7. The number of carbonyl (C=O) groups excluding carboxylic acids is 3. The molecule has 13 N–H and O–H groups in total. The van der Waals surface area contributed by atoms with E-state index in [0.29, 0.717) is 89.5 Å². The maximum absolute atomic E-state index is 11.5. The molecule has 0 saturated heterocycles. The Morgan fingerprint density at radius 3 is 1.33 bits per heavy atom. The van der Waals surface area contributed by atoms with E-state index in [0.717, 1.165) is 72.8 Å². The van der Waals surface area contributed by atoms with E-state index in [1.165, 1.54) is 23.4 Å². The van der Waals surface area contributed by atoms with Crippen LogP contribution >= 0.6 is 0 Å². The second-order valence-electron chi connectivity index (χ2n) is 17.9. The fraction of sp³-hybridized carbons (Fsp3) is 0.278. The summed E-state index contributed by atoms with van der Waals surface area (Å²) in [6.07, 6.45) is 10.6. The fourth-order valence-electron chi connectivity index (χ4n) is 7.01. The number of primary amides is 3. The van der Waals surface area contributed by atoms with Crippen molar-refractivity contribution in [2.45, 2.75) is 77.4 Å². The summed E-state index contributed by atoms with van der Waals surface area (Å²) in [4.78, 5) is 66.4. The van der Waals surface area contributed by atoms with Crippen molar-refractivity contribution in [1.29, 1.82) is 0 Å². The zero-order valence-corrected chi connectivity index (χ0v) is 43.8. The van der Waals surface area contributed by atoms with Gasteiger partial charge in [0.15, 0.2) is 0 Å². The number of ether oxygens (including phenoxy) is 3. The number of benzene rings is 4. The lowest BCUT2D eigenvalue weighted by atomic mass is 10.3. The summed E-state index contributed by atoms with van der Waals surface area (Å²) in [6.45, 7) is 7.78. The smallest absolute Gasteiger partial charge is 0.347 e. The molecule has 0 bridgehead atoms. The van der Waals surface area contributed by atoms with Gasteiger partial charge in [-0.15, -0.1) is 5.10 Å². The van der Waals surface area contributed by atoms with Gasteiger partial charge in [-0.05, 0) is 149 Å². The molecule has 0 aliphatic heterocycles. The molecule has 3 amide bonds. The van der Waals surface area contributed by atoms with Crippen LogP contribution in [0.1, 0.15) is 90.4 Å². The molecule has 8 aromatic rings. The molecule has 11 rings (SSSR count). The van der Waals surface area contributed by atoms with Crippen molar-refractivity contribution in [3.63, 3.8) is 0 Å². The number of nitrogens with two attached hydrogens (primary N) is 4. The molecular weight excluding hydrogens is 1010 g/mol. The number of aromatic nitrogens is 9. The molecular formula is C54H62N18O7. The molecule has 25 heteroatoms. The van der Waals surface area contributed by atoms with E-state index in [-0.39, 0.29) is 11.6 Å². The Labute approximate surface area is 454 Å². The first-order chi connectivity index (χ1) is 38.3. The van der Waals surface area contributed by atoms with Crippen molar-refractivity contribution < 1.29 is 33.4 Å². The summed E-state index contributed by atoms with van der Waals surface area (Å²) in [5.41, 5.74) is 26.2. The molecule has 4 heterocycles. The Morgan fingerprint density at radius 2 is 0.924 bits per heavy atom. The number of para-hydroxylation sites is 1. The van der Waals surface area contributed by atoms with Gasteiger partial charge < -0.3 is 68.6 Å². The SMILES string of the molecule is CCOc1ccc(N)cc1.CCOc1ccc(Nc2ncc(C(N)=O)c(NC3CC3)n2)cc1.CCOc1ccc(Nc2ncc(C(N)=O)c(NC3CC3)n2)cc1.NC(=O)c1cnc(On2nnc3ccccc32)nc1NC1CC1. The first-order valence-corrected chi connectivity index (χ1v) is 25.6. The van der Waals surface area contributed by atoms with Crippen LogP contribution in [-0.4, -0.2) is 101 Å². The van der Waals surface area contributed by atoms with Crippen LogP contribution < -0.4 is 68.6 Å². The summed E-state index contributed by atoms with van der Waals surface area (Å²) < 4.78 is 16.0. The number of nitrogens with one attached hydrogen (secondary N) is 5. The standard InChI is InChI=1S/2C16H19N5O2.C14H13N7O2.C8H11NO/c2*1-2-23-12-7-5-11(6-8-12)20-16-18-9-13(14(17)22)15(21-16)19-10-3-4-10;15-12(22)9-7-16-14(18-13(9)17-8-5-6-8)23-21-11-4-2-1-3-10(11)19-20-21;1-2-10-8-5-3-7(9)4-6-8/h2*5-10H,2-4H2,1H3,(H2,17,22)(H2,18,19,20,21);1-4,7-8H,5-6H2,(H2,15,22)(H,16,17,18);3-6H,2,9H2,1H3. The van der Waals surface area contributed by atoms with Crippen LogP contribution in [0.5, 0.6) is 23.3 Å². The molecule has 0 radical (unpaired) electrons. The maximum Gasteiger partial charge on any atom is 0.347 e. The van der Waals surface area contributed by atoms with Crippen LogP contribution in [-0.2, 0) is 0 Å². The molecule has 25 nitrogen and oxygen atoms in total. The van der Waals surface area contributed by atoms with Crippen molar-refractivity contribution in [2.75, 3.05) is 52.1 Å². The normalized spacial score (nSPS) is 13.1. The van der Waals surface area contributed by atoms with Crippen LogP contribution in [0.15, 0.2) is 116 Å². The van der Waals surface area contributed by atoms with E-state index in [4.69, 9.17) is 42.0 Å². The van der Waals surface area contributed by atoms with E-state index < -0.39 is 17.7 Å². The largest absolute Gasteiger partial charge is 0.494 e. The lowest BCUT2D eigenvalue weighted by Crippen LogP contribution is -2.18. The van der Waals surface area contributed by atoms with E-state index in [1.54, 1.807) is 0 Å². The van der Waals surface area contributed by atoms with Gasteiger partial charge in [0.1, 0.15) is 51.3 Å². The first-order valence-electron chi connectivity index (χ1n) is 25.6. The van der Waals surface area contributed by atoms with Gasteiger partial charge in [0.05, 0.1) is 30.9 Å². The van der Waals surface area contributed by atoms with Crippen LogP contribution in [0.4, 0.5) is 46.4 Å². The molecule has 410 valence electrons. The molecule has 0 spiro atoms. The second-order valence-corrected chi connectivity index (χ2v) is 17.9. The van der Waals surface area contributed by atoms with E-state index >= 15 is 0 Å². The Hall–Kier alpha value is -10.1. The number of amides is 3. The van der Waals surface area contributed by atoms with Crippen molar-refractivity contribution in [1.82, 2.24) is 45.1 Å². The first kappa shape index (κ1) is 55.2. The highest BCUT2D eigenvalue weighted by molar-refractivity contribution is 5.98. The summed E-state index contributed by atoms with van der Waals surface area (Å²) >= 11 is 0. The zero-order valence-electron chi connectivity index (χ0n) is 43.8. The lowest BCUT2D eigenvalue weighted by molar-refractivity contribution is 0.0991. The Kier molecular flexibility index (Phi) is 18.6. The minimum atomic E-state index is -0.592. The van der Waals surface area contributed by atoms with Gasteiger partial charge in [0, 0.05) is 53.8 Å². The average molecular weight is 1080 g/mol. The molecule has 3 aliphatic rings. The molecule has 4 aromatic carbocycles. The maximum atomic E-state index is 11.5. The molecule has 4 aromatic heterocycles. The topological polar surface area (TPSA) is 360 Å². The monoisotopic (exact) mass is 1070 g/mol. The van der Waals surface area contributed by atoms with Gasteiger partial charge in [-0.3, -0.25) is 14.4 Å². The van der Waals surface area contributed by atoms with Gasteiger partial charge in [-0.25, -0.2) is 15.0 Å². The third-order valence-corrected chi connectivity index (χ3v) is 11.4. The Bertz CT molecular complexity index is 3190. The number of hydrogen-bond acceptors (Lipinski definition) is 21. The third-order valence-electron chi connectivity index (χ3n) is 11.4. The minimum absolute atomic E-state index is 0.0498. The highest BCUT2D eigenvalue weighted by Crippen LogP contribution is 2.29. The Morgan fingerprint density at radius 1 is 0.532 bits per heavy atom. The Balaban J connectivity index is 0.000000144. The van der Waals surface area contributed by atoms with Gasteiger partial charge in [-0.2, -0.15) is 15.0 Å². The van der Waals surface area contributed by atoms with Crippen LogP contribution in [0.2, 0.25) is 0 Å². The number of nitrogens with zero attached hydrogens (tertiary/aromatic N) is 9. The van der Waals surface area contributed by atoms with Crippen LogP contribution in [0.25, 0.3) is 11.0 Å². The number of anilines is 8. The molecule has 0 unspecified atom stereocenters. The summed E-state index contributed by atoms with van der Waals surface area (Å²) in [7, 11) is 0. The van der Waals surface area contributed by atoms with E-state index in [1.807, 2.05) is 118 Å². The number of hydrogen-bond donors (Lipinski definition) is 9. The number of nitrogen functional groups attached to an aromatic ring is 1. The van der Waals surface area contributed by atoms with Gasteiger partial charge in [0.2, 0.25) is 11.9 Å². The van der Waals surface area contributed by atoms with E-state index in [9.17, 15) is 14.4 Å². The van der Waals surface area contributed by atoms with Crippen molar-refractivity contribution in [2.24, 2.45) is 17.2 Å². The van der Waals surface area contributed by atoms with Gasteiger partial charge in [0.25, 0.3) is 17.7 Å². The van der Waals surface area contributed by atoms with Crippen molar-refractivity contribution in [3.8, 4) is 23.3 Å². The molecule has 3 saturated carbocycles. The zero-order chi connectivity index (χ0) is 55.7. The predicted molar refractivity (Wildman–Crippen MR) is 299 cm³/mol. The van der Waals surface area contributed by atoms with Gasteiger partial charge in [-0.1, -0.05) is 17.0 Å². The highest BCUT2D eigenvalue weighted by atomic mass is 16.7. The molecule has 0 atom stereocenters. The second kappa shape index (κ2) is 26.6. The fourth-order valence-corrected chi connectivity index (χ4v) is 7.01. The van der Waals surface area contributed by atoms with Crippen molar-refractivity contribution >= 4 is 75.2 Å². The number of carbonyl (C=O) groups is 3. The average Bonchev–Trinajstić information content (AvgIpc) is 4.38.